The van der Waals surface area contributed by atoms with Gasteiger partial charge in [-0.15, -0.1) is 0 Å². The Hall–Kier alpha value is -1.79. The lowest BCUT2D eigenvalue weighted by atomic mass is 10.0. The summed E-state index contributed by atoms with van der Waals surface area (Å²) in [6, 6.07) is 3.18. The van der Waals surface area contributed by atoms with Gasteiger partial charge in [-0.25, -0.2) is 0 Å². The quantitative estimate of drug-likeness (QED) is 0.670. The molecule has 1 amide bonds. The lowest BCUT2D eigenvalue weighted by Gasteiger charge is -2.21. The van der Waals surface area contributed by atoms with Gasteiger partial charge in [0, 0.05) is 18.2 Å². The first-order chi connectivity index (χ1) is 11.5. The van der Waals surface area contributed by atoms with E-state index in [1.807, 2.05) is 6.08 Å². The minimum Gasteiger partial charge on any atom is -0.506 e. The van der Waals surface area contributed by atoms with Crippen LogP contribution in [0.25, 0.3) is 0 Å². The van der Waals surface area contributed by atoms with Crippen LogP contribution in [0.1, 0.15) is 29.6 Å². The number of phenolic OH excluding ortho intramolecular Hbond substituents is 1. The fraction of sp³-hybridized carbons (Fsp3) is 0.167. The van der Waals surface area contributed by atoms with Gasteiger partial charge in [0.05, 0.1) is 15.1 Å². The summed E-state index contributed by atoms with van der Waals surface area (Å²) in [7, 11) is 0. The second kappa shape index (κ2) is 7.40. The van der Waals surface area contributed by atoms with Crippen LogP contribution in [0.3, 0.4) is 0 Å². The van der Waals surface area contributed by atoms with Crippen molar-refractivity contribution in [3.63, 3.8) is 0 Å². The van der Waals surface area contributed by atoms with E-state index in [-0.39, 0.29) is 11.7 Å². The number of hydrogen-bond donors (Lipinski definition) is 1. The number of hydrogen-bond acceptors (Lipinski definition) is 3. The number of rotatable bonds is 3. The van der Waals surface area contributed by atoms with Crippen LogP contribution in [-0.2, 0) is 4.74 Å². The van der Waals surface area contributed by atoms with E-state index in [0.717, 1.165) is 18.6 Å². The molecule has 0 bridgehead atoms. The number of carbonyl (C=O) groups is 1. The Morgan fingerprint density at radius 2 is 2.04 bits per heavy atom. The molecule has 0 aromatic heterocycles. The fourth-order valence-electron chi connectivity index (χ4n) is 2.49. The summed E-state index contributed by atoms with van der Waals surface area (Å²) in [5.74, 6) is 0.591. The zero-order valence-electron chi connectivity index (χ0n) is 12.7. The molecule has 0 spiro atoms. The molecule has 4 nitrogen and oxygen atoms in total. The molecule has 24 heavy (non-hydrogen) atoms. The number of allylic oxidation sites excluding steroid dienone is 4. The molecule has 1 aromatic rings. The molecule has 6 heteroatoms. The van der Waals surface area contributed by atoms with Gasteiger partial charge in [-0.1, -0.05) is 23.8 Å². The van der Waals surface area contributed by atoms with Crippen LogP contribution in [0.15, 0.2) is 69.3 Å². The lowest BCUT2D eigenvalue weighted by Crippen LogP contribution is -2.23. The Morgan fingerprint density at radius 3 is 2.71 bits per heavy atom. The van der Waals surface area contributed by atoms with E-state index < -0.39 is 0 Å². The van der Waals surface area contributed by atoms with Gasteiger partial charge in [-0.3, -0.25) is 9.69 Å². The van der Waals surface area contributed by atoms with Crippen LogP contribution in [0.2, 0.25) is 0 Å². The largest absolute Gasteiger partial charge is 0.506 e. The smallest absolute Gasteiger partial charge is 0.262 e. The minimum atomic E-state index is -0.203. The number of nitrogens with zero attached hydrogens (tertiary/aromatic N) is 1. The highest BCUT2D eigenvalue weighted by molar-refractivity contribution is 9.11. The van der Waals surface area contributed by atoms with Crippen molar-refractivity contribution in [1.82, 2.24) is 4.90 Å². The van der Waals surface area contributed by atoms with Crippen LogP contribution in [-0.4, -0.2) is 15.9 Å². The van der Waals surface area contributed by atoms with E-state index in [1.54, 1.807) is 24.5 Å². The summed E-state index contributed by atoms with van der Waals surface area (Å²) in [6.45, 7) is 0. The van der Waals surface area contributed by atoms with Gasteiger partial charge in [0.15, 0.2) is 0 Å². The number of phenols is 1. The van der Waals surface area contributed by atoms with Gasteiger partial charge in [-0.2, -0.15) is 0 Å². The number of aromatic hydroxyl groups is 1. The van der Waals surface area contributed by atoms with Gasteiger partial charge in [-0.05, 0) is 56.8 Å². The Bertz CT molecular complexity index is 770. The first kappa shape index (κ1) is 17.0. The monoisotopic (exact) mass is 451 g/mol. The Balaban J connectivity index is 1.79. The molecule has 1 N–H and O–H groups in total. The molecule has 0 radical (unpaired) electrons. The zero-order valence-corrected chi connectivity index (χ0v) is 15.9. The zero-order chi connectivity index (χ0) is 17.1. The number of amides is 1. The third-order valence-corrected chi connectivity index (χ3v) is 4.93. The van der Waals surface area contributed by atoms with Gasteiger partial charge in [0.25, 0.3) is 5.91 Å². The molecule has 1 aliphatic carbocycles. The average Bonchev–Trinajstić information content (AvgIpc) is 2.59. The topological polar surface area (TPSA) is 49.8 Å². The van der Waals surface area contributed by atoms with E-state index in [4.69, 9.17) is 4.74 Å². The summed E-state index contributed by atoms with van der Waals surface area (Å²) >= 11 is 6.49. The van der Waals surface area contributed by atoms with E-state index >= 15 is 0 Å². The van der Waals surface area contributed by atoms with Gasteiger partial charge in [0.1, 0.15) is 17.8 Å². The number of halogens is 2. The molecule has 1 heterocycles. The van der Waals surface area contributed by atoms with E-state index in [9.17, 15) is 9.90 Å². The Kier molecular flexibility index (Phi) is 5.26. The van der Waals surface area contributed by atoms with Crippen LogP contribution < -0.4 is 0 Å². The first-order valence-corrected chi connectivity index (χ1v) is 9.02. The van der Waals surface area contributed by atoms with Crippen molar-refractivity contribution in [1.29, 1.82) is 0 Å². The number of ether oxygens (including phenoxy) is 1. The van der Waals surface area contributed by atoms with Crippen molar-refractivity contribution in [2.24, 2.45) is 0 Å². The third-order valence-electron chi connectivity index (χ3n) is 3.72. The predicted octanol–water partition coefficient (Wildman–Crippen LogP) is 5.37. The van der Waals surface area contributed by atoms with Crippen LogP contribution in [0.5, 0.6) is 5.75 Å². The average molecular weight is 453 g/mol. The summed E-state index contributed by atoms with van der Waals surface area (Å²) in [5.41, 5.74) is 1.73. The second-order valence-electron chi connectivity index (χ2n) is 5.47. The van der Waals surface area contributed by atoms with Crippen LogP contribution in [0.4, 0.5) is 0 Å². The summed E-state index contributed by atoms with van der Waals surface area (Å²) < 4.78 is 6.44. The molecule has 3 rings (SSSR count). The number of benzene rings is 1. The van der Waals surface area contributed by atoms with Crippen molar-refractivity contribution in [3.05, 3.63) is 74.9 Å². The second-order valence-corrected chi connectivity index (χ2v) is 7.18. The predicted molar refractivity (Wildman–Crippen MR) is 99.1 cm³/mol. The molecule has 1 aliphatic heterocycles. The van der Waals surface area contributed by atoms with Crippen molar-refractivity contribution >= 4 is 37.8 Å². The molecular weight excluding hydrogens is 438 g/mol. The standard InChI is InChI=1S/C18H15Br2NO3/c19-15-9-13(10-16(20)17(15)22)18(23)21-6-7-24-14(11-21)8-12-4-2-1-3-5-12/h1-2,4,6-7,9-11,22H,3,5,8H2. The molecule has 0 atom stereocenters. The molecular formula is C18H15Br2NO3. The number of carbonyl (C=O) groups excluding carboxylic acids is 1. The van der Waals surface area contributed by atoms with E-state index in [1.165, 1.54) is 16.7 Å². The van der Waals surface area contributed by atoms with Crippen molar-refractivity contribution in [3.8, 4) is 5.75 Å². The summed E-state index contributed by atoms with van der Waals surface area (Å²) in [4.78, 5) is 14.2. The maximum absolute atomic E-state index is 12.7. The molecule has 0 fully saturated rings. The van der Waals surface area contributed by atoms with Gasteiger partial charge < -0.3 is 9.84 Å². The van der Waals surface area contributed by atoms with Crippen LogP contribution in [0, 0.1) is 0 Å². The highest BCUT2D eigenvalue weighted by atomic mass is 79.9. The molecule has 1 aromatic carbocycles. The maximum Gasteiger partial charge on any atom is 0.262 e. The Labute approximate surface area is 157 Å². The third kappa shape index (κ3) is 3.82. The molecule has 2 aliphatic rings. The molecule has 0 saturated carbocycles. The normalized spacial score (nSPS) is 16.5. The highest BCUT2D eigenvalue weighted by Crippen LogP contribution is 2.34. The minimum absolute atomic E-state index is 0.0672. The van der Waals surface area contributed by atoms with Gasteiger partial charge in [0.2, 0.25) is 0 Å². The lowest BCUT2D eigenvalue weighted by molar-refractivity contribution is 0.0853. The van der Waals surface area contributed by atoms with Crippen molar-refractivity contribution < 1.29 is 14.6 Å². The Morgan fingerprint density at radius 1 is 1.29 bits per heavy atom. The van der Waals surface area contributed by atoms with E-state index in [0.29, 0.717) is 20.9 Å². The van der Waals surface area contributed by atoms with E-state index in [2.05, 4.69) is 44.0 Å². The SMILES string of the molecule is O=C(c1cc(Br)c(O)c(Br)c1)N1C=COC(CC2=CC=CCC2)=C1. The summed E-state index contributed by atoms with van der Waals surface area (Å²) in [6.07, 6.45) is 13.8. The fourth-order valence-corrected chi connectivity index (χ4v) is 3.67. The van der Waals surface area contributed by atoms with Crippen molar-refractivity contribution in [2.75, 3.05) is 0 Å². The molecule has 124 valence electrons. The highest BCUT2D eigenvalue weighted by Gasteiger charge is 2.19. The van der Waals surface area contributed by atoms with Gasteiger partial charge >= 0.3 is 0 Å². The van der Waals surface area contributed by atoms with Crippen molar-refractivity contribution in [2.45, 2.75) is 19.3 Å². The summed E-state index contributed by atoms with van der Waals surface area (Å²) in [5, 5.41) is 9.77. The van der Waals surface area contributed by atoms with Crippen LogP contribution >= 0.6 is 31.9 Å². The molecule has 0 unspecified atom stereocenters. The molecule has 0 saturated heterocycles. The maximum atomic E-state index is 12.7. The first-order valence-electron chi connectivity index (χ1n) is 7.44.